The van der Waals surface area contributed by atoms with Crippen molar-refractivity contribution in [3.8, 4) is 56.4 Å². The lowest BCUT2D eigenvalue weighted by Gasteiger charge is -2.11. The molecule has 0 aliphatic rings. The molecule has 0 saturated carbocycles. The van der Waals surface area contributed by atoms with Crippen molar-refractivity contribution in [1.82, 2.24) is 15.0 Å². The molecule has 4 heteroatoms. The Bertz CT molecular complexity index is 2500. The molecule has 2 aromatic heterocycles. The van der Waals surface area contributed by atoms with Crippen LogP contribution in [0.15, 0.2) is 168 Å². The van der Waals surface area contributed by atoms with E-state index in [2.05, 4.69) is 97.1 Å². The first-order valence-corrected chi connectivity index (χ1v) is 15.7. The van der Waals surface area contributed by atoms with Gasteiger partial charge < -0.3 is 4.42 Å². The molecule has 0 radical (unpaired) electrons. The Hall–Kier alpha value is -6.39. The highest BCUT2D eigenvalue weighted by atomic mass is 16.3. The number of rotatable bonds is 5. The van der Waals surface area contributed by atoms with Crippen LogP contribution in [0.1, 0.15) is 0 Å². The molecule has 4 nitrogen and oxygen atoms in total. The van der Waals surface area contributed by atoms with E-state index in [9.17, 15) is 0 Å². The summed E-state index contributed by atoms with van der Waals surface area (Å²) in [6.45, 7) is 0. The maximum atomic E-state index is 6.72. The SMILES string of the molecule is c1ccc(-c2cccc(-c3cc(-c4nc(-c5ccccc5)nc(-c5ccccc5)n4)cc4c3oc3ccc5ccccc5c34)c2)cc1. The van der Waals surface area contributed by atoms with Crippen molar-refractivity contribution >= 4 is 32.7 Å². The molecule has 47 heavy (non-hydrogen) atoms. The fraction of sp³-hybridized carbons (Fsp3) is 0. The summed E-state index contributed by atoms with van der Waals surface area (Å²) in [5.74, 6) is 1.86. The first-order valence-electron chi connectivity index (χ1n) is 15.7. The zero-order chi connectivity index (χ0) is 31.2. The second kappa shape index (κ2) is 11.2. The molecule has 0 fully saturated rings. The molecule has 7 aromatic carbocycles. The molecule has 0 unspecified atom stereocenters. The lowest BCUT2D eigenvalue weighted by Crippen LogP contribution is -2.00. The van der Waals surface area contributed by atoms with Gasteiger partial charge in [0.25, 0.3) is 0 Å². The summed E-state index contributed by atoms with van der Waals surface area (Å²) in [5.41, 5.74) is 8.80. The minimum absolute atomic E-state index is 0.606. The Morgan fingerprint density at radius 3 is 1.60 bits per heavy atom. The third kappa shape index (κ3) is 4.84. The highest BCUT2D eigenvalue weighted by molar-refractivity contribution is 6.21. The van der Waals surface area contributed by atoms with E-state index >= 15 is 0 Å². The molecular formula is C43H27N3O. The average molecular weight is 602 g/mol. The summed E-state index contributed by atoms with van der Waals surface area (Å²) in [6, 6.07) is 56.3. The fourth-order valence-corrected chi connectivity index (χ4v) is 6.43. The largest absolute Gasteiger partial charge is 0.455 e. The number of hydrogen-bond acceptors (Lipinski definition) is 4. The van der Waals surface area contributed by atoms with Crippen LogP contribution in [0.25, 0.3) is 89.1 Å². The van der Waals surface area contributed by atoms with Crippen LogP contribution < -0.4 is 0 Å². The van der Waals surface area contributed by atoms with Crippen molar-refractivity contribution in [2.45, 2.75) is 0 Å². The minimum atomic E-state index is 0.606. The molecule has 0 aliphatic heterocycles. The summed E-state index contributed by atoms with van der Waals surface area (Å²) in [4.78, 5) is 15.1. The molecule has 9 rings (SSSR count). The summed E-state index contributed by atoms with van der Waals surface area (Å²) >= 11 is 0. The summed E-state index contributed by atoms with van der Waals surface area (Å²) in [6.07, 6.45) is 0. The van der Waals surface area contributed by atoms with Crippen molar-refractivity contribution in [3.05, 3.63) is 164 Å². The van der Waals surface area contributed by atoms with Gasteiger partial charge in [-0.1, -0.05) is 140 Å². The maximum Gasteiger partial charge on any atom is 0.164 e. The predicted molar refractivity (Wildman–Crippen MR) is 192 cm³/mol. The monoisotopic (exact) mass is 601 g/mol. The van der Waals surface area contributed by atoms with Crippen molar-refractivity contribution < 1.29 is 4.42 Å². The van der Waals surface area contributed by atoms with Crippen LogP contribution in [0.3, 0.4) is 0 Å². The van der Waals surface area contributed by atoms with Gasteiger partial charge >= 0.3 is 0 Å². The van der Waals surface area contributed by atoms with Gasteiger partial charge in [0.2, 0.25) is 0 Å². The van der Waals surface area contributed by atoms with Gasteiger partial charge in [-0.15, -0.1) is 0 Å². The summed E-state index contributed by atoms with van der Waals surface area (Å²) < 4.78 is 6.72. The molecule has 9 aromatic rings. The highest BCUT2D eigenvalue weighted by Crippen LogP contribution is 2.42. The normalized spacial score (nSPS) is 11.4. The van der Waals surface area contributed by atoms with E-state index in [0.717, 1.165) is 66.3 Å². The Morgan fingerprint density at radius 1 is 0.362 bits per heavy atom. The third-order valence-corrected chi connectivity index (χ3v) is 8.70. The van der Waals surface area contributed by atoms with Crippen LogP contribution in [-0.4, -0.2) is 15.0 Å². The smallest absolute Gasteiger partial charge is 0.164 e. The van der Waals surface area contributed by atoms with E-state index < -0.39 is 0 Å². The van der Waals surface area contributed by atoms with Crippen molar-refractivity contribution in [1.29, 1.82) is 0 Å². The van der Waals surface area contributed by atoms with E-state index in [-0.39, 0.29) is 0 Å². The molecule has 0 N–H and O–H groups in total. The summed E-state index contributed by atoms with van der Waals surface area (Å²) in [5, 5.41) is 4.42. The number of hydrogen-bond donors (Lipinski definition) is 0. The van der Waals surface area contributed by atoms with Gasteiger partial charge in [0, 0.05) is 33.0 Å². The topological polar surface area (TPSA) is 51.8 Å². The molecule has 0 aliphatic carbocycles. The van der Waals surface area contributed by atoms with E-state index in [0.29, 0.717) is 17.5 Å². The lowest BCUT2D eigenvalue weighted by molar-refractivity contribution is 0.670. The van der Waals surface area contributed by atoms with Gasteiger partial charge in [0.1, 0.15) is 11.2 Å². The van der Waals surface area contributed by atoms with Crippen LogP contribution in [0.5, 0.6) is 0 Å². The Morgan fingerprint density at radius 2 is 0.915 bits per heavy atom. The Labute approximate surface area is 271 Å². The van der Waals surface area contributed by atoms with E-state index in [4.69, 9.17) is 19.4 Å². The molecular weight excluding hydrogens is 574 g/mol. The van der Waals surface area contributed by atoms with Gasteiger partial charge in [-0.2, -0.15) is 0 Å². The van der Waals surface area contributed by atoms with Crippen LogP contribution in [0.4, 0.5) is 0 Å². The molecule has 220 valence electrons. The minimum Gasteiger partial charge on any atom is -0.455 e. The van der Waals surface area contributed by atoms with Gasteiger partial charge in [-0.05, 0) is 51.7 Å². The highest BCUT2D eigenvalue weighted by Gasteiger charge is 2.20. The van der Waals surface area contributed by atoms with Crippen LogP contribution in [0, 0.1) is 0 Å². The van der Waals surface area contributed by atoms with Gasteiger partial charge in [-0.25, -0.2) is 15.0 Å². The average Bonchev–Trinajstić information content (AvgIpc) is 3.55. The second-order valence-electron chi connectivity index (χ2n) is 11.6. The fourth-order valence-electron chi connectivity index (χ4n) is 6.43. The number of furan rings is 1. The molecule has 0 amide bonds. The zero-order valence-electron chi connectivity index (χ0n) is 25.3. The molecule has 0 spiro atoms. The lowest BCUT2D eigenvalue weighted by atomic mass is 9.95. The van der Waals surface area contributed by atoms with E-state index in [1.807, 2.05) is 66.7 Å². The van der Waals surface area contributed by atoms with Crippen LogP contribution in [-0.2, 0) is 0 Å². The van der Waals surface area contributed by atoms with Crippen LogP contribution >= 0.6 is 0 Å². The predicted octanol–water partition coefficient (Wildman–Crippen LogP) is 11.3. The Balaban J connectivity index is 1.35. The third-order valence-electron chi connectivity index (χ3n) is 8.70. The quantitative estimate of drug-likeness (QED) is 0.197. The first kappa shape index (κ1) is 27.0. The van der Waals surface area contributed by atoms with Gasteiger partial charge in [0.15, 0.2) is 17.5 Å². The van der Waals surface area contributed by atoms with E-state index in [1.165, 1.54) is 5.39 Å². The summed E-state index contributed by atoms with van der Waals surface area (Å²) in [7, 11) is 0. The van der Waals surface area contributed by atoms with Crippen LogP contribution in [0.2, 0.25) is 0 Å². The maximum absolute atomic E-state index is 6.72. The van der Waals surface area contributed by atoms with Crippen molar-refractivity contribution in [3.63, 3.8) is 0 Å². The van der Waals surface area contributed by atoms with Gasteiger partial charge in [-0.3, -0.25) is 0 Å². The molecule has 0 atom stereocenters. The number of benzene rings is 7. The number of aromatic nitrogens is 3. The number of nitrogens with zero attached hydrogens (tertiary/aromatic N) is 3. The zero-order valence-corrected chi connectivity index (χ0v) is 25.3. The van der Waals surface area contributed by atoms with E-state index in [1.54, 1.807) is 0 Å². The number of fused-ring (bicyclic) bond motifs is 5. The standard InChI is InChI=1S/C43H27N3O/c1-4-13-28(14-5-1)32-20-12-21-33(25-32)36-26-34(27-37-39-35-22-11-10-15-29(35)23-24-38(39)47-40(36)37)43-45-41(30-16-6-2-7-17-30)44-42(46-43)31-18-8-3-9-19-31/h1-27H. The van der Waals surface area contributed by atoms with Gasteiger partial charge in [0.05, 0.1) is 0 Å². The first-order chi connectivity index (χ1) is 23.3. The second-order valence-corrected chi connectivity index (χ2v) is 11.6. The molecule has 0 bridgehead atoms. The molecule has 0 saturated heterocycles. The molecule has 2 heterocycles. The van der Waals surface area contributed by atoms with Crippen molar-refractivity contribution in [2.75, 3.05) is 0 Å². The Kier molecular flexibility index (Phi) is 6.43. The van der Waals surface area contributed by atoms with Crippen molar-refractivity contribution in [2.24, 2.45) is 0 Å².